The zero-order valence-electron chi connectivity index (χ0n) is 7.76. The van der Waals surface area contributed by atoms with E-state index in [1.165, 1.54) is 17.8 Å². The minimum absolute atomic E-state index is 0.326. The van der Waals surface area contributed by atoms with E-state index in [-0.39, 0.29) is 0 Å². The van der Waals surface area contributed by atoms with Crippen molar-refractivity contribution in [3.63, 3.8) is 0 Å². The summed E-state index contributed by atoms with van der Waals surface area (Å²) >= 11 is 0. The Morgan fingerprint density at radius 3 is 3.07 bits per heavy atom. The Morgan fingerprint density at radius 2 is 2.36 bits per heavy atom. The van der Waals surface area contributed by atoms with E-state index >= 15 is 0 Å². The van der Waals surface area contributed by atoms with Crippen molar-refractivity contribution in [1.29, 1.82) is 0 Å². The van der Waals surface area contributed by atoms with Gasteiger partial charge in [0.25, 0.3) is 0 Å². The summed E-state index contributed by atoms with van der Waals surface area (Å²) in [5.74, 6) is -0.453. The third-order valence-corrected chi connectivity index (χ3v) is 1.79. The molecule has 0 amide bonds. The largest absolute Gasteiger partial charge is 0.464 e. The molecule has 72 valence electrons. The zero-order valence-corrected chi connectivity index (χ0v) is 7.76. The summed E-state index contributed by atoms with van der Waals surface area (Å²) in [5.41, 5.74) is 1.58. The first-order valence-corrected chi connectivity index (χ1v) is 3.99. The van der Waals surface area contributed by atoms with Crippen LogP contribution < -0.4 is 0 Å². The predicted molar refractivity (Wildman–Crippen MR) is 46.9 cm³/mol. The summed E-state index contributed by atoms with van der Waals surface area (Å²) in [7, 11) is 1.32. The van der Waals surface area contributed by atoms with Gasteiger partial charge in [-0.25, -0.2) is 9.78 Å². The van der Waals surface area contributed by atoms with Crippen LogP contribution in [-0.4, -0.2) is 32.9 Å². The summed E-state index contributed by atoms with van der Waals surface area (Å²) in [6.07, 6.45) is 1.49. The number of nitrogens with zero attached hydrogens (tertiary/aromatic N) is 4. The third-order valence-electron chi connectivity index (χ3n) is 1.79. The Hall–Kier alpha value is -1.98. The van der Waals surface area contributed by atoms with E-state index < -0.39 is 5.97 Å². The van der Waals surface area contributed by atoms with E-state index in [9.17, 15) is 4.79 Å². The van der Waals surface area contributed by atoms with Crippen molar-refractivity contribution >= 4 is 11.6 Å². The number of hydrogen-bond donors (Lipinski definition) is 0. The monoisotopic (exact) mass is 192 g/mol. The molecule has 0 saturated carbocycles. The van der Waals surface area contributed by atoms with Gasteiger partial charge in [-0.3, -0.25) is 0 Å². The molecular formula is C8H8N4O2. The topological polar surface area (TPSA) is 69.4 Å². The van der Waals surface area contributed by atoms with Crippen LogP contribution in [-0.2, 0) is 4.74 Å². The lowest BCUT2D eigenvalue weighted by Gasteiger charge is -2.02. The number of carbonyl (C=O) groups is 1. The second kappa shape index (κ2) is 3.06. The van der Waals surface area contributed by atoms with Crippen LogP contribution in [0.25, 0.3) is 5.65 Å². The van der Waals surface area contributed by atoms with E-state index in [0.717, 1.165) is 5.69 Å². The molecule has 0 spiro atoms. The third kappa shape index (κ3) is 1.20. The van der Waals surface area contributed by atoms with Crippen molar-refractivity contribution in [1.82, 2.24) is 19.8 Å². The van der Waals surface area contributed by atoms with Gasteiger partial charge in [-0.05, 0) is 13.0 Å². The van der Waals surface area contributed by atoms with E-state index in [1.54, 1.807) is 13.0 Å². The van der Waals surface area contributed by atoms with Crippen molar-refractivity contribution in [2.75, 3.05) is 7.11 Å². The van der Waals surface area contributed by atoms with E-state index in [4.69, 9.17) is 0 Å². The first kappa shape index (κ1) is 8.61. The molecule has 0 fully saturated rings. The van der Waals surface area contributed by atoms with Crippen LogP contribution in [0.1, 0.15) is 16.2 Å². The second-order valence-corrected chi connectivity index (χ2v) is 2.78. The van der Waals surface area contributed by atoms with Gasteiger partial charge >= 0.3 is 5.97 Å². The lowest BCUT2D eigenvalue weighted by Crippen LogP contribution is -2.10. The maximum absolute atomic E-state index is 11.3. The molecule has 0 N–H and O–H groups in total. The van der Waals surface area contributed by atoms with Crippen LogP contribution in [0.3, 0.4) is 0 Å². The summed E-state index contributed by atoms with van der Waals surface area (Å²) in [6.45, 7) is 1.79. The van der Waals surface area contributed by atoms with E-state index in [2.05, 4.69) is 20.0 Å². The predicted octanol–water partition coefficient (Wildman–Crippen LogP) is 0.219. The number of hydrogen-bond acceptors (Lipinski definition) is 5. The maximum atomic E-state index is 11.3. The Kier molecular flexibility index (Phi) is 1.88. The maximum Gasteiger partial charge on any atom is 0.356 e. The van der Waals surface area contributed by atoms with Gasteiger partial charge in [-0.15, -0.1) is 5.10 Å². The Bertz CT molecular complexity index is 491. The van der Waals surface area contributed by atoms with Crippen LogP contribution >= 0.6 is 0 Å². The molecule has 14 heavy (non-hydrogen) atoms. The van der Waals surface area contributed by atoms with Crippen molar-refractivity contribution in [3.8, 4) is 0 Å². The smallest absolute Gasteiger partial charge is 0.356 e. The van der Waals surface area contributed by atoms with Gasteiger partial charge in [0, 0.05) is 5.69 Å². The molecule has 0 aromatic carbocycles. The second-order valence-electron chi connectivity index (χ2n) is 2.78. The highest BCUT2D eigenvalue weighted by Gasteiger charge is 2.12. The fourth-order valence-corrected chi connectivity index (χ4v) is 1.20. The molecule has 6 nitrogen and oxygen atoms in total. The van der Waals surface area contributed by atoms with E-state index in [0.29, 0.717) is 11.3 Å². The number of aryl methyl sites for hydroxylation is 1. The van der Waals surface area contributed by atoms with Crippen molar-refractivity contribution in [2.24, 2.45) is 0 Å². The van der Waals surface area contributed by atoms with Gasteiger partial charge in [-0.2, -0.15) is 4.52 Å². The molecule has 2 rings (SSSR count). The van der Waals surface area contributed by atoms with Gasteiger partial charge < -0.3 is 4.74 Å². The number of ether oxygens (including phenoxy) is 1. The van der Waals surface area contributed by atoms with Gasteiger partial charge in [0.1, 0.15) is 0 Å². The van der Waals surface area contributed by atoms with Gasteiger partial charge in [0.2, 0.25) is 0 Å². The number of rotatable bonds is 1. The quantitative estimate of drug-likeness (QED) is 0.604. The molecule has 0 atom stereocenters. The number of carbonyl (C=O) groups excluding carboxylic acids is 1. The average Bonchev–Trinajstić information content (AvgIpc) is 2.62. The Morgan fingerprint density at radius 1 is 1.57 bits per heavy atom. The summed E-state index contributed by atoms with van der Waals surface area (Å²) in [6, 6.07) is 1.60. The number of fused-ring (bicyclic) bond motifs is 1. The summed E-state index contributed by atoms with van der Waals surface area (Å²) < 4.78 is 5.96. The van der Waals surface area contributed by atoms with Crippen LogP contribution in [0, 0.1) is 6.92 Å². The molecule has 0 aliphatic rings. The van der Waals surface area contributed by atoms with Crippen LogP contribution in [0.15, 0.2) is 12.3 Å². The summed E-state index contributed by atoms with van der Waals surface area (Å²) in [4.78, 5) is 15.5. The molecule has 2 aromatic heterocycles. The molecular weight excluding hydrogens is 184 g/mol. The molecule has 0 aliphatic heterocycles. The van der Waals surface area contributed by atoms with E-state index in [1.807, 2.05) is 0 Å². The normalized spacial score (nSPS) is 10.4. The lowest BCUT2D eigenvalue weighted by molar-refractivity contribution is 0.0590. The number of methoxy groups -OCH3 is 1. The number of aromatic nitrogens is 4. The van der Waals surface area contributed by atoms with Crippen LogP contribution in [0.5, 0.6) is 0 Å². The molecule has 0 aliphatic carbocycles. The molecule has 2 heterocycles. The average molecular weight is 192 g/mol. The fraction of sp³-hybridized carbons (Fsp3) is 0.250. The highest BCUT2D eigenvalue weighted by atomic mass is 16.5. The zero-order chi connectivity index (χ0) is 10.1. The van der Waals surface area contributed by atoms with Crippen molar-refractivity contribution in [2.45, 2.75) is 6.92 Å². The minimum Gasteiger partial charge on any atom is -0.464 e. The molecule has 0 unspecified atom stereocenters. The van der Waals surface area contributed by atoms with Crippen molar-refractivity contribution in [3.05, 3.63) is 23.7 Å². The first-order chi connectivity index (χ1) is 6.72. The SMILES string of the molecule is COC(=O)c1cc(C)nc2cnnn12. The standard InChI is InChI=1S/C8H8N4O2/c1-5-3-6(8(13)14-2)12-7(10-5)4-9-11-12/h3-4H,1-2H3. The fourth-order valence-electron chi connectivity index (χ4n) is 1.20. The van der Waals surface area contributed by atoms with Crippen LogP contribution in [0.4, 0.5) is 0 Å². The Labute approximate surface area is 79.5 Å². The molecule has 6 heteroatoms. The highest BCUT2D eigenvalue weighted by molar-refractivity contribution is 5.88. The van der Waals surface area contributed by atoms with Gasteiger partial charge in [0.05, 0.1) is 13.3 Å². The van der Waals surface area contributed by atoms with Crippen molar-refractivity contribution < 1.29 is 9.53 Å². The molecule has 0 saturated heterocycles. The summed E-state index contributed by atoms with van der Waals surface area (Å²) in [5, 5.41) is 7.39. The minimum atomic E-state index is -0.453. The van der Waals surface area contributed by atoms with Gasteiger partial charge in [0.15, 0.2) is 11.3 Å². The Balaban J connectivity index is 2.72. The molecule has 2 aromatic rings. The van der Waals surface area contributed by atoms with Crippen LogP contribution in [0.2, 0.25) is 0 Å². The molecule has 0 radical (unpaired) electrons. The number of esters is 1. The first-order valence-electron chi connectivity index (χ1n) is 3.99. The highest BCUT2D eigenvalue weighted by Crippen LogP contribution is 2.06. The van der Waals surface area contributed by atoms with Gasteiger partial charge in [-0.1, -0.05) is 5.21 Å². The lowest BCUT2D eigenvalue weighted by atomic mass is 10.3. The molecule has 0 bridgehead atoms.